The molecule has 0 atom stereocenters. The first-order chi connectivity index (χ1) is 5.27. The SMILES string of the molecule is CCc1cc(OC)cnc1F. The number of nitrogens with zero attached hydrogens (tertiary/aromatic N) is 1. The van der Waals surface area contributed by atoms with E-state index >= 15 is 0 Å². The molecular weight excluding hydrogens is 145 g/mol. The maximum Gasteiger partial charge on any atom is 0.216 e. The topological polar surface area (TPSA) is 22.1 Å². The highest BCUT2D eigenvalue weighted by Gasteiger charge is 2.01. The molecule has 0 radical (unpaired) electrons. The van der Waals surface area contributed by atoms with Crippen LogP contribution in [0.4, 0.5) is 4.39 Å². The molecule has 0 saturated carbocycles. The Morgan fingerprint density at radius 3 is 2.91 bits per heavy atom. The Kier molecular flexibility index (Phi) is 2.41. The third-order valence-electron chi connectivity index (χ3n) is 1.50. The number of rotatable bonds is 2. The summed E-state index contributed by atoms with van der Waals surface area (Å²) in [6.07, 6.45) is 2.00. The molecule has 1 aromatic heterocycles. The minimum Gasteiger partial charge on any atom is -0.495 e. The van der Waals surface area contributed by atoms with Crippen LogP contribution < -0.4 is 4.74 Å². The van der Waals surface area contributed by atoms with Crippen molar-refractivity contribution < 1.29 is 9.13 Å². The van der Waals surface area contributed by atoms with E-state index in [1.807, 2.05) is 6.92 Å². The van der Waals surface area contributed by atoms with Gasteiger partial charge in [0.2, 0.25) is 5.95 Å². The van der Waals surface area contributed by atoms with Crippen LogP contribution >= 0.6 is 0 Å². The Morgan fingerprint density at radius 2 is 2.36 bits per heavy atom. The third-order valence-corrected chi connectivity index (χ3v) is 1.50. The number of hydrogen-bond acceptors (Lipinski definition) is 2. The maximum absolute atomic E-state index is 12.7. The lowest BCUT2D eigenvalue weighted by Crippen LogP contribution is -1.93. The molecule has 0 spiro atoms. The van der Waals surface area contributed by atoms with Crippen molar-refractivity contribution >= 4 is 0 Å². The predicted molar refractivity (Wildman–Crippen MR) is 40.1 cm³/mol. The molecular formula is C8H10FNO. The Hall–Kier alpha value is -1.12. The average molecular weight is 155 g/mol. The second kappa shape index (κ2) is 3.32. The van der Waals surface area contributed by atoms with Gasteiger partial charge in [-0.05, 0) is 12.5 Å². The summed E-state index contributed by atoms with van der Waals surface area (Å²) in [7, 11) is 1.54. The van der Waals surface area contributed by atoms with E-state index in [0.29, 0.717) is 17.7 Å². The van der Waals surface area contributed by atoms with E-state index in [1.165, 1.54) is 13.3 Å². The van der Waals surface area contributed by atoms with Gasteiger partial charge in [-0.25, -0.2) is 4.98 Å². The molecule has 0 amide bonds. The quantitative estimate of drug-likeness (QED) is 0.607. The van der Waals surface area contributed by atoms with Gasteiger partial charge in [-0.15, -0.1) is 0 Å². The van der Waals surface area contributed by atoms with Crippen molar-refractivity contribution in [3.63, 3.8) is 0 Å². The first-order valence-corrected chi connectivity index (χ1v) is 3.46. The highest BCUT2D eigenvalue weighted by Crippen LogP contribution is 2.13. The van der Waals surface area contributed by atoms with E-state index in [1.54, 1.807) is 6.07 Å². The predicted octanol–water partition coefficient (Wildman–Crippen LogP) is 1.79. The molecule has 0 fully saturated rings. The minimum absolute atomic E-state index is 0.409. The summed E-state index contributed by atoms with van der Waals surface area (Å²) in [5.74, 6) is 0.191. The van der Waals surface area contributed by atoms with Crippen LogP contribution in [0.2, 0.25) is 0 Å². The summed E-state index contributed by atoms with van der Waals surface area (Å²) >= 11 is 0. The summed E-state index contributed by atoms with van der Waals surface area (Å²) in [6.45, 7) is 1.87. The van der Waals surface area contributed by atoms with Crippen LogP contribution in [0.3, 0.4) is 0 Å². The van der Waals surface area contributed by atoms with E-state index in [2.05, 4.69) is 4.98 Å². The van der Waals surface area contributed by atoms with Gasteiger partial charge in [-0.3, -0.25) is 0 Å². The van der Waals surface area contributed by atoms with Gasteiger partial charge in [0.25, 0.3) is 0 Å². The lowest BCUT2D eigenvalue weighted by atomic mass is 10.2. The molecule has 0 aromatic carbocycles. The first-order valence-electron chi connectivity index (χ1n) is 3.46. The van der Waals surface area contributed by atoms with Crippen molar-refractivity contribution in [3.8, 4) is 5.75 Å². The van der Waals surface area contributed by atoms with Gasteiger partial charge in [0.05, 0.1) is 13.3 Å². The van der Waals surface area contributed by atoms with Gasteiger partial charge in [-0.2, -0.15) is 4.39 Å². The summed E-state index contributed by atoms with van der Waals surface area (Å²) in [5.41, 5.74) is 0.587. The van der Waals surface area contributed by atoms with Crippen molar-refractivity contribution in [1.82, 2.24) is 4.98 Å². The number of methoxy groups -OCH3 is 1. The van der Waals surface area contributed by atoms with Crippen molar-refractivity contribution in [3.05, 3.63) is 23.8 Å². The van der Waals surface area contributed by atoms with Crippen molar-refractivity contribution in [1.29, 1.82) is 0 Å². The zero-order valence-corrected chi connectivity index (χ0v) is 6.60. The third kappa shape index (κ3) is 1.67. The van der Waals surface area contributed by atoms with E-state index in [-0.39, 0.29) is 0 Å². The molecule has 1 rings (SSSR count). The summed E-state index contributed by atoms with van der Waals surface area (Å²) < 4.78 is 17.6. The normalized spacial score (nSPS) is 9.73. The van der Waals surface area contributed by atoms with Gasteiger partial charge in [0, 0.05) is 5.56 Å². The summed E-state index contributed by atoms with van der Waals surface area (Å²) in [4.78, 5) is 3.53. The number of pyridine rings is 1. The molecule has 3 heteroatoms. The Balaban J connectivity index is 3.02. The molecule has 1 heterocycles. The van der Waals surface area contributed by atoms with Crippen LogP contribution in [0.25, 0.3) is 0 Å². The van der Waals surface area contributed by atoms with Gasteiger partial charge in [0.15, 0.2) is 0 Å². The number of hydrogen-bond donors (Lipinski definition) is 0. The van der Waals surface area contributed by atoms with Crippen LogP contribution in [0.1, 0.15) is 12.5 Å². The molecule has 0 unspecified atom stereocenters. The van der Waals surface area contributed by atoms with Crippen molar-refractivity contribution in [2.45, 2.75) is 13.3 Å². The molecule has 0 N–H and O–H groups in total. The standard InChI is InChI=1S/C8H10FNO/c1-3-6-4-7(11-2)5-10-8(6)9/h4-5H,3H2,1-2H3. The number of aromatic nitrogens is 1. The number of halogens is 1. The smallest absolute Gasteiger partial charge is 0.216 e. The van der Waals surface area contributed by atoms with Crippen LogP contribution in [-0.2, 0) is 6.42 Å². The van der Waals surface area contributed by atoms with Crippen LogP contribution in [-0.4, -0.2) is 12.1 Å². The zero-order valence-electron chi connectivity index (χ0n) is 6.60. The van der Waals surface area contributed by atoms with Gasteiger partial charge in [-0.1, -0.05) is 6.92 Å². The van der Waals surface area contributed by atoms with Crippen molar-refractivity contribution in [2.24, 2.45) is 0 Å². The lowest BCUT2D eigenvalue weighted by Gasteiger charge is -2.01. The number of aryl methyl sites for hydroxylation is 1. The number of ether oxygens (including phenoxy) is 1. The Bertz CT molecular complexity index is 250. The highest BCUT2D eigenvalue weighted by molar-refractivity contribution is 5.24. The molecule has 0 saturated heterocycles. The summed E-state index contributed by atoms with van der Waals surface area (Å²) in [5, 5.41) is 0. The second-order valence-electron chi connectivity index (χ2n) is 2.18. The first kappa shape index (κ1) is 7.98. The average Bonchev–Trinajstić information content (AvgIpc) is 2.05. The van der Waals surface area contributed by atoms with Crippen molar-refractivity contribution in [2.75, 3.05) is 7.11 Å². The fraction of sp³-hybridized carbons (Fsp3) is 0.375. The molecule has 0 bridgehead atoms. The maximum atomic E-state index is 12.7. The van der Waals surface area contributed by atoms with Crippen LogP contribution in [0, 0.1) is 5.95 Å². The molecule has 11 heavy (non-hydrogen) atoms. The Morgan fingerprint density at radius 1 is 1.64 bits per heavy atom. The largest absolute Gasteiger partial charge is 0.495 e. The molecule has 0 aliphatic heterocycles. The molecule has 60 valence electrons. The zero-order chi connectivity index (χ0) is 8.27. The highest BCUT2D eigenvalue weighted by atomic mass is 19.1. The van der Waals surface area contributed by atoms with Gasteiger partial charge < -0.3 is 4.74 Å². The second-order valence-corrected chi connectivity index (χ2v) is 2.18. The van der Waals surface area contributed by atoms with E-state index < -0.39 is 5.95 Å². The molecule has 0 aliphatic carbocycles. The molecule has 0 aliphatic rings. The lowest BCUT2D eigenvalue weighted by molar-refractivity contribution is 0.409. The van der Waals surface area contributed by atoms with Gasteiger partial charge >= 0.3 is 0 Å². The van der Waals surface area contributed by atoms with Gasteiger partial charge in [0.1, 0.15) is 5.75 Å². The summed E-state index contributed by atoms with van der Waals surface area (Å²) in [6, 6.07) is 1.66. The molecule has 1 aromatic rings. The monoisotopic (exact) mass is 155 g/mol. The molecule has 2 nitrogen and oxygen atoms in total. The van der Waals surface area contributed by atoms with E-state index in [9.17, 15) is 4.39 Å². The van der Waals surface area contributed by atoms with Crippen LogP contribution in [0.5, 0.6) is 5.75 Å². The van der Waals surface area contributed by atoms with E-state index in [4.69, 9.17) is 4.74 Å². The fourth-order valence-corrected chi connectivity index (χ4v) is 0.831. The van der Waals surface area contributed by atoms with Crippen LogP contribution in [0.15, 0.2) is 12.3 Å². The Labute approximate surface area is 65.0 Å². The van der Waals surface area contributed by atoms with E-state index in [0.717, 1.165) is 0 Å². The fourth-order valence-electron chi connectivity index (χ4n) is 0.831. The minimum atomic E-state index is -0.409.